The van der Waals surface area contributed by atoms with Crippen LogP contribution in [0.4, 0.5) is 0 Å². The number of fused-ring (bicyclic) bond motifs is 1. The van der Waals surface area contributed by atoms with Gasteiger partial charge in [-0.3, -0.25) is 4.57 Å². The van der Waals surface area contributed by atoms with E-state index >= 15 is 0 Å². The topological polar surface area (TPSA) is 90.4 Å². The van der Waals surface area contributed by atoms with Crippen molar-refractivity contribution in [2.45, 2.75) is 49.3 Å². The van der Waals surface area contributed by atoms with E-state index in [1.807, 2.05) is 22.4 Å². The van der Waals surface area contributed by atoms with Crippen LogP contribution >= 0.6 is 35.0 Å². The highest BCUT2D eigenvalue weighted by Gasteiger charge is 2.25. The van der Waals surface area contributed by atoms with Gasteiger partial charge in [0.2, 0.25) is 5.16 Å². The molecular weight excluding hydrogens is 481 g/mol. The molecule has 4 heterocycles. The van der Waals surface area contributed by atoms with E-state index in [1.54, 1.807) is 12.1 Å². The lowest BCUT2D eigenvalue weighted by atomic mass is 10.1. The second-order valence-electron chi connectivity index (χ2n) is 8.17. The molecular formula is C21H23Cl2N9S. The van der Waals surface area contributed by atoms with Crippen molar-refractivity contribution in [1.82, 2.24) is 44.6 Å². The molecule has 12 heteroatoms. The molecule has 0 atom stereocenters. The van der Waals surface area contributed by atoms with E-state index < -0.39 is 0 Å². The summed E-state index contributed by atoms with van der Waals surface area (Å²) in [5.74, 6) is 1.57. The third-order valence-corrected chi connectivity index (χ3v) is 7.43. The van der Waals surface area contributed by atoms with Crippen LogP contribution in [0.2, 0.25) is 10.0 Å². The summed E-state index contributed by atoms with van der Waals surface area (Å²) in [6.07, 6.45) is 4.73. The third-order valence-electron chi connectivity index (χ3n) is 5.79. The highest BCUT2D eigenvalue weighted by Crippen LogP contribution is 2.35. The molecule has 1 aromatic carbocycles. The number of tetrazole rings is 1. The Balaban J connectivity index is 1.61. The van der Waals surface area contributed by atoms with Crippen molar-refractivity contribution in [3.05, 3.63) is 39.9 Å². The maximum absolute atomic E-state index is 6.27. The van der Waals surface area contributed by atoms with Crippen LogP contribution in [0, 0.1) is 6.92 Å². The Labute approximate surface area is 205 Å². The van der Waals surface area contributed by atoms with Crippen LogP contribution in [-0.4, -0.2) is 64.8 Å². The molecule has 0 aliphatic carbocycles. The van der Waals surface area contributed by atoms with Crippen LogP contribution in [-0.2, 0) is 6.42 Å². The summed E-state index contributed by atoms with van der Waals surface area (Å²) in [5, 5.41) is 14.8. The number of benzene rings is 1. The number of aryl methyl sites for hydroxylation is 2. The van der Waals surface area contributed by atoms with Gasteiger partial charge in [0.15, 0.2) is 5.82 Å². The molecule has 4 aromatic rings. The lowest BCUT2D eigenvalue weighted by Gasteiger charge is -2.28. The minimum absolute atomic E-state index is 0.255. The van der Waals surface area contributed by atoms with Gasteiger partial charge in [-0.05, 0) is 74.2 Å². The number of hydrogen-bond acceptors (Lipinski definition) is 8. The summed E-state index contributed by atoms with van der Waals surface area (Å²) in [5.41, 5.74) is 2.23. The molecule has 0 amide bonds. The predicted octanol–water partition coefficient (Wildman–Crippen LogP) is 4.40. The van der Waals surface area contributed by atoms with E-state index in [9.17, 15) is 0 Å². The first-order chi connectivity index (χ1) is 15.9. The van der Waals surface area contributed by atoms with Crippen molar-refractivity contribution in [1.29, 1.82) is 0 Å². The standard InChI is InChI=1S/C21H23Cl2N9S/c1-4-18-24-12(2)11-31(18)19-20(26-17-10-15(23)14(22)9-16(17)25-19)33-21-27-28-29-32(21)13-5-7-30(3)8-6-13/h9-11,13H,4-8H2,1-3H3. The quantitative estimate of drug-likeness (QED) is 0.395. The fraction of sp³-hybridized carbons (Fsp3) is 0.429. The number of likely N-dealkylation sites (tertiary alicyclic amines) is 1. The third kappa shape index (κ3) is 4.44. The first-order valence-corrected chi connectivity index (χ1v) is 12.4. The molecule has 0 N–H and O–H groups in total. The molecule has 3 aromatic heterocycles. The van der Waals surface area contributed by atoms with Crippen molar-refractivity contribution in [2.75, 3.05) is 20.1 Å². The van der Waals surface area contributed by atoms with Gasteiger partial charge in [-0.1, -0.05) is 30.1 Å². The Kier molecular flexibility index (Phi) is 6.26. The van der Waals surface area contributed by atoms with Gasteiger partial charge in [0.05, 0.1) is 32.8 Å². The van der Waals surface area contributed by atoms with Crippen LogP contribution in [0.3, 0.4) is 0 Å². The molecule has 1 fully saturated rings. The first-order valence-electron chi connectivity index (χ1n) is 10.8. The Morgan fingerprint density at radius 1 is 1.06 bits per heavy atom. The van der Waals surface area contributed by atoms with Crippen molar-refractivity contribution >= 4 is 46.0 Å². The minimum atomic E-state index is 0.255. The summed E-state index contributed by atoms with van der Waals surface area (Å²) >= 11 is 13.9. The van der Waals surface area contributed by atoms with Crippen LogP contribution in [0.1, 0.15) is 37.3 Å². The van der Waals surface area contributed by atoms with Crippen LogP contribution in [0.15, 0.2) is 28.5 Å². The Morgan fingerprint density at radius 3 is 2.45 bits per heavy atom. The summed E-state index contributed by atoms with van der Waals surface area (Å²) in [6, 6.07) is 3.73. The molecule has 0 spiro atoms. The number of imidazole rings is 1. The molecule has 1 aliphatic rings. The second-order valence-corrected chi connectivity index (χ2v) is 9.94. The largest absolute Gasteiger partial charge is 0.306 e. The summed E-state index contributed by atoms with van der Waals surface area (Å²) in [4.78, 5) is 16.8. The maximum atomic E-state index is 6.27. The molecule has 0 radical (unpaired) electrons. The summed E-state index contributed by atoms with van der Waals surface area (Å²) in [6.45, 7) is 6.07. The first kappa shape index (κ1) is 22.5. The van der Waals surface area contributed by atoms with Crippen molar-refractivity contribution in [2.24, 2.45) is 0 Å². The molecule has 5 rings (SSSR count). The maximum Gasteiger partial charge on any atom is 0.216 e. The summed E-state index contributed by atoms with van der Waals surface area (Å²) in [7, 11) is 2.14. The molecule has 1 saturated heterocycles. The van der Waals surface area contributed by atoms with Gasteiger partial charge in [0, 0.05) is 12.6 Å². The van der Waals surface area contributed by atoms with Gasteiger partial charge in [0.1, 0.15) is 10.9 Å². The van der Waals surface area contributed by atoms with Gasteiger partial charge in [0.25, 0.3) is 0 Å². The number of hydrogen-bond donors (Lipinski definition) is 0. The Bertz CT molecular complexity index is 1310. The zero-order valence-corrected chi connectivity index (χ0v) is 20.9. The average molecular weight is 504 g/mol. The van der Waals surface area contributed by atoms with E-state index in [0.29, 0.717) is 37.1 Å². The van der Waals surface area contributed by atoms with Gasteiger partial charge in [-0.2, -0.15) is 0 Å². The van der Waals surface area contributed by atoms with Crippen molar-refractivity contribution < 1.29 is 0 Å². The van der Waals surface area contributed by atoms with Crippen molar-refractivity contribution in [3.8, 4) is 5.82 Å². The predicted molar refractivity (Wildman–Crippen MR) is 129 cm³/mol. The Morgan fingerprint density at radius 2 is 1.76 bits per heavy atom. The lowest BCUT2D eigenvalue weighted by molar-refractivity contribution is 0.203. The van der Waals surface area contributed by atoms with Crippen LogP contribution in [0.5, 0.6) is 0 Å². The SMILES string of the molecule is CCc1nc(C)cn1-c1nc2cc(Cl)c(Cl)cc2nc1Sc1nnnn1C1CCN(C)CC1. The zero-order valence-electron chi connectivity index (χ0n) is 18.5. The molecule has 0 bridgehead atoms. The normalized spacial score (nSPS) is 15.5. The fourth-order valence-electron chi connectivity index (χ4n) is 4.04. The summed E-state index contributed by atoms with van der Waals surface area (Å²) < 4.78 is 3.90. The molecule has 9 nitrogen and oxygen atoms in total. The highest BCUT2D eigenvalue weighted by atomic mass is 35.5. The Hall–Kier alpha value is -2.27. The smallest absolute Gasteiger partial charge is 0.216 e. The van der Waals surface area contributed by atoms with Gasteiger partial charge < -0.3 is 4.90 Å². The van der Waals surface area contributed by atoms with Gasteiger partial charge >= 0.3 is 0 Å². The number of aromatic nitrogens is 8. The van der Waals surface area contributed by atoms with E-state index in [4.69, 9.17) is 33.2 Å². The highest BCUT2D eigenvalue weighted by molar-refractivity contribution is 7.99. The number of piperidine rings is 1. The number of rotatable bonds is 5. The number of halogens is 2. The molecule has 1 aliphatic heterocycles. The van der Waals surface area contributed by atoms with Gasteiger partial charge in [-0.25, -0.2) is 19.6 Å². The number of nitrogens with zero attached hydrogens (tertiary/aromatic N) is 9. The van der Waals surface area contributed by atoms with E-state index in [0.717, 1.165) is 43.9 Å². The molecule has 172 valence electrons. The fourth-order valence-corrected chi connectivity index (χ4v) is 5.26. The lowest BCUT2D eigenvalue weighted by Crippen LogP contribution is -2.32. The van der Waals surface area contributed by atoms with Crippen LogP contribution in [0.25, 0.3) is 16.9 Å². The van der Waals surface area contributed by atoms with E-state index in [1.165, 1.54) is 11.8 Å². The van der Waals surface area contributed by atoms with Crippen molar-refractivity contribution in [3.63, 3.8) is 0 Å². The average Bonchev–Trinajstić information content (AvgIpc) is 3.41. The zero-order chi connectivity index (χ0) is 23.1. The monoisotopic (exact) mass is 503 g/mol. The minimum Gasteiger partial charge on any atom is -0.306 e. The van der Waals surface area contributed by atoms with E-state index in [2.05, 4.69) is 39.4 Å². The second kappa shape index (κ2) is 9.17. The van der Waals surface area contributed by atoms with Gasteiger partial charge in [-0.15, -0.1) is 5.10 Å². The molecule has 0 saturated carbocycles. The van der Waals surface area contributed by atoms with E-state index in [-0.39, 0.29) is 6.04 Å². The molecule has 0 unspecified atom stereocenters. The van der Waals surface area contributed by atoms with Crippen LogP contribution < -0.4 is 0 Å². The molecule has 33 heavy (non-hydrogen) atoms.